The minimum atomic E-state index is -1.07. The van der Waals surface area contributed by atoms with Crippen LogP contribution in [0.25, 0.3) is 0 Å². The van der Waals surface area contributed by atoms with Crippen molar-refractivity contribution in [2.45, 2.75) is 77.1 Å². The number of amides is 3. The number of benzene rings is 2. The van der Waals surface area contributed by atoms with Gasteiger partial charge in [0.15, 0.2) is 0 Å². The van der Waals surface area contributed by atoms with Crippen LogP contribution in [0.5, 0.6) is 5.75 Å². The van der Waals surface area contributed by atoms with Crippen molar-refractivity contribution < 1.29 is 33.8 Å². The molecule has 0 aliphatic heterocycles. The lowest BCUT2D eigenvalue weighted by Gasteiger charge is -2.43. The van der Waals surface area contributed by atoms with Crippen molar-refractivity contribution in [3.8, 4) is 5.75 Å². The molecule has 216 valence electrons. The van der Waals surface area contributed by atoms with Crippen LogP contribution in [0.2, 0.25) is 0 Å². The molecule has 0 heterocycles. The van der Waals surface area contributed by atoms with E-state index in [0.717, 1.165) is 12.0 Å². The first-order valence-electron chi connectivity index (χ1n) is 13.4. The summed E-state index contributed by atoms with van der Waals surface area (Å²) in [5.74, 6) is -1.53. The number of aryl methyl sites for hydroxylation is 1. The summed E-state index contributed by atoms with van der Waals surface area (Å²) in [7, 11) is 1.23. The van der Waals surface area contributed by atoms with Gasteiger partial charge in [0.2, 0.25) is 11.8 Å². The number of ether oxygens (including phenoxy) is 2. The van der Waals surface area contributed by atoms with Crippen LogP contribution in [0.15, 0.2) is 48.5 Å². The van der Waals surface area contributed by atoms with Crippen LogP contribution in [0.3, 0.4) is 0 Å². The smallest absolute Gasteiger partial charge is 0.408 e. The van der Waals surface area contributed by atoms with Gasteiger partial charge in [-0.3, -0.25) is 14.4 Å². The van der Waals surface area contributed by atoms with E-state index in [1.807, 2.05) is 19.1 Å². The number of carbonyl (C=O) groups is 4. The number of hydrogen-bond donors (Lipinski definition) is 3. The summed E-state index contributed by atoms with van der Waals surface area (Å²) >= 11 is 0. The predicted molar refractivity (Wildman–Crippen MR) is 148 cm³/mol. The van der Waals surface area contributed by atoms with Crippen molar-refractivity contribution in [1.29, 1.82) is 0 Å². The van der Waals surface area contributed by atoms with Crippen LogP contribution in [-0.4, -0.2) is 65.2 Å². The number of carbonyl (C=O) groups excluding carboxylic acids is 4. The third-order valence-corrected chi connectivity index (χ3v) is 6.64. The molecule has 0 radical (unpaired) electrons. The van der Waals surface area contributed by atoms with E-state index >= 15 is 0 Å². The monoisotopic (exact) mass is 553 g/mol. The molecule has 2 unspecified atom stereocenters. The van der Waals surface area contributed by atoms with E-state index in [9.17, 15) is 24.3 Å². The maximum Gasteiger partial charge on any atom is 0.408 e. The average molecular weight is 554 g/mol. The highest BCUT2D eigenvalue weighted by Gasteiger charge is 2.42. The first-order chi connectivity index (χ1) is 18.9. The Labute approximate surface area is 235 Å². The van der Waals surface area contributed by atoms with Gasteiger partial charge in [-0.2, -0.15) is 0 Å². The number of phenolic OH excluding ortho intramolecular Hbond substituents is 1. The van der Waals surface area contributed by atoms with Crippen molar-refractivity contribution in [1.82, 2.24) is 15.5 Å². The van der Waals surface area contributed by atoms with Gasteiger partial charge >= 0.3 is 12.1 Å². The standard InChI is InChI=1S/C30H39N3O7/c1-19-9-13-21(14-10-19)26(27(36)31-18-25(35)39-5)33(22-7-6-8-22)28(37)24(32-29(38)40-30(2,3)4)17-20-11-15-23(34)16-12-20/h9-16,22,24,26,34H,6-8,17-18H2,1-5H3,(H,31,36)(H,32,38). The number of hydrogen-bond acceptors (Lipinski definition) is 7. The molecular formula is C30H39N3O7. The summed E-state index contributed by atoms with van der Waals surface area (Å²) in [5, 5.41) is 15.0. The maximum atomic E-state index is 14.4. The molecule has 0 saturated heterocycles. The Bertz CT molecular complexity index is 1190. The third kappa shape index (κ3) is 8.46. The number of aromatic hydroxyl groups is 1. The number of nitrogens with zero attached hydrogens (tertiary/aromatic N) is 1. The molecule has 40 heavy (non-hydrogen) atoms. The van der Waals surface area contributed by atoms with E-state index < -0.39 is 41.6 Å². The Morgan fingerprint density at radius 1 is 1.02 bits per heavy atom. The van der Waals surface area contributed by atoms with Crippen LogP contribution in [0, 0.1) is 6.92 Å². The average Bonchev–Trinajstić information content (AvgIpc) is 2.86. The molecule has 3 amide bonds. The lowest BCUT2D eigenvalue weighted by atomic mass is 9.87. The van der Waals surface area contributed by atoms with Gasteiger partial charge in [-0.25, -0.2) is 4.79 Å². The van der Waals surface area contributed by atoms with Crippen LogP contribution < -0.4 is 10.6 Å². The molecule has 1 aliphatic rings. The molecule has 10 heteroatoms. The lowest BCUT2D eigenvalue weighted by Crippen LogP contribution is -2.58. The Morgan fingerprint density at radius 2 is 1.65 bits per heavy atom. The van der Waals surface area contributed by atoms with Crippen molar-refractivity contribution in [2.75, 3.05) is 13.7 Å². The van der Waals surface area contributed by atoms with Crippen LogP contribution in [0.4, 0.5) is 4.79 Å². The van der Waals surface area contributed by atoms with E-state index in [4.69, 9.17) is 4.74 Å². The third-order valence-electron chi connectivity index (χ3n) is 6.64. The first kappa shape index (κ1) is 30.5. The highest BCUT2D eigenvalue weighted by molar-refractivity contribution is 5.93. The van der Waals surface area contributed by atoms with Gasteiger partial charge < -0.3 is 30.1 Å². The molecule has 0 spiro atoms. The second-order valence-corrected chi connectivity index (χ2v) is 11.0. The summed E-state index contributed by atoms with van der Waals surface area (Å²) in [4.78, 5) is 54.2. The number of methoxy groups -OCH3 is 1. The van der Waals surface area contributed by atoms with Crippen LogP contribution >= 0.6 is 0 Å². The molecule has 3 rings (SSSR count). The summed E-state index contributed by atoms with van der Waals surface area (Å²) in [5.41, 5.74) is 1.47. The lowest BCUT2D eigenvalue weighted by molar-refractivity contribution is -0.148. The Morgan fingerprint density at radius 3 is 2.17 bits per heavy atom. The van der Waals surface area contributed by atoms with E-state index in [1.54, 1.807) is 45.0 Å². The summed E-state index contributed by atoms with van der Waals surface area (Å²) in [6.45, 7) is 6.75. The Balaban J connectivity index is 2.02. The fourth-order valence-electron chi connectivity index (χ4n) is 4.40. The van der Waals surface area contributed by atoms with Crippen LogP contribution in [0.1, 0.15) is 62.8 Å². The molecule has 10 nitrogen and oxygen atoms in total. The van der Waals surface area contributed by atoms with Gasteiger partial charge in [0, 0.05) is 12.5 Å². The quantitative estimate of drug-likeness (QED) is 0.383. The van der Waals surface area contributed by atoms with Gasteiger partial charge in [0.25, 0.3) is 0 Å². The topological polar surface area (TPSA) is 134 Å². The molecule has 2 aromatic carbocycles. The highest BCUT2D eigenvalue weighted by Crippen LogP contribution is 2.34. The zero-order chi connectivity index (χ0) is 29.4. The second kappa shape index (κ2) is 13.3. The van der Waals surface area contributed by atoms with E-state index in [-0.39, 0.29) is 24.8 Å². The van der Waals surface area contributed by atoms with Crippen molar-refractivity contribution >= 4 is 23.9 Å². The van der Waals surface area contributed by atoms with Gasteiger partial charge in [-0.05, 0) is 70.2 Å². The number of alkyl carbamates (subject to hydrolysis) is 1. The number of phenols is 1. The molecular weight excluding hydrogens is 514 g/mol. The molecule has 2 atom stereocenters. The van der Waals surface area contributed by atoms with E-state index in [1.165, 1.54) is 24.1 Å². The highest BCUT2D eigenvalue weighted by atomic mass is 16.6. The second-order valence-electron chi connectivity index (χ2n) is 11.0. The molecule has 2 aromatic rings. The summed E-state index contributed by atoms with van der Waals surface area (Å²) in [6, 6.07) is 11.3. The predicted octanol–water partition coefficient (Wildman–Crippen LogP) is 3.55. The summed E-state index contributed by atoms with van der Waals surface area (Å²) < 4.78 is 10.1. The Hall–Kier alpha value is -4.08. The zero-order valence-corrected chi connectivity index (χ0v) is 23.7. The zero-order valence-electron chi connectivity index (χ0n) is 23.7. The van der Waals surface area contributed by atoms with E-state index in [2.05, 4.69) is 15.4 Å². The SMILES string of the molecule is COC(=O)CNC(=O)C(c1ccc(C)cc1)N(C(=O)C(Cc1ccc(O)cc1)NC(=O)OC(C)(C)C)C1CCC1. The van der Waals surface area contributed by atoms with Crippen molar-refractivity contribution in [3.05, 3.63) is 65.2 Å². The molecule has 1 aliphatic carbocycles. The largest absolute Gasteiger partial charge is 0.508 e. The molecule has 1 fully saturated rings. The van der Waals surface area contributed by atoms with E-state index in [0.29, 0.717) is 24.0 Å². The first-order valence-corrected chi connectivity index (χ1v) is 13.4. The minimum Gasteiger partial charge on any atom is -0.508 e. The molecule has 0 bridgehead atoms. The van der Waals surface area contributed by atoms with Crippen molar-refractivity contribution in [2.24, 2.45) is 0 Å². The van der Waals surface area contributed by atoms with Gasteiger partial charge in [-0.15, -0.1) is 0 Å². The Kier molecular flexibility index (Phi) is 10.1. The number of esters is 1. The maximum absolute atomic E-state index is 14.4. The van der Waals surface area contributed by atoms with Gasteiger partial charge in [0.05, 0.1) is 7.11 Å². The van der Waals surface area contributed by atoms with Gasteiger partial charge in [-0.1, -0.05) is 42.0 Å². The fraction of sp³-hybridized carbons (Fsp3) is 0.467. The fourth-order valence-corrected chi connectivity index (χ4v) is 4.40. The molecule has 3 N–H and O–H groups in total. The molecule has 1 saturated carbocycles. The number of nitrogens with one attached hydrogen (secondary N) is 2. The number of rotatable bonds is 10. The van der Waals surface area contributed by atoms with Crippen molar-refractivity contribution in [3.63, 3.8) is 0 Å². The minimum absolute atomic E-state index is 0.0736. The van der Waals surface area contributed by atoms with Gasteiger partial charge in [0.1, 0.15) is 30.0 Å². The normalized spacial score (nSPS) is 14.7. The molecule has 0 aromatic heterocycles. The summed E-state index contributed by atoms with van der Waals surface area (Å²) in [6.07, 6.45) is 1.61. The van der Waals surface area contributed by atoms with Crippen LogP contribution in [-0.2, 0) is 30.3 Å².